The summed E-state index contributed by atoms with van der Waals surface area (Å²) < 4.78 is 154. The first kappa shape index (κ1) is 69.5. The van der Waals surface area contributed by atoms with E-state index in [1.807, 2.05) is 4.90 Å². The zero-order chi connectivity index (χ0) is 59.0. The van der Waals surface area contributed by atoms with Crippen molar-refractivity contribution in [3.63, 3.8) is 0 Å². The fourth-order valence-corrected chi connectivity index (χ4v) is 10.7. The number of anilines is 4. The fourth-order valence-electron chi connectivity index (χ4n) is 10.7. The zero-order valence-electron chi connectivity index (χ0n) is 45.9. The number of rotatable bonds is 14. The van der Waals surface area contributed by atoms with Gasteiger partial charge in [-0.2, -0.15) is 63.2 Å². The van der Waals surface area contributed by atoms with Gasteiger partial charge in [-0.15, -0.1) is 0 Å². The molecule has 448 valence electrons. The number of carboxylic acids is 1. The summed E-state index contributed by atoms with van der Waals surface area (Å²) in [6.07, 6.45) is -7.17. The molecule has 83 heavy (non-hydrogen) atoms. The number of nitrogens with one attached hydrogen (secondary N) is 2. The molecule has 0 saturated carbocycles. The maximum absolute atomic E-state index is 13.2. The molecule has 0 atom stereocenters. The summed E-state index contributed by atoms with van der Waals surface area (Å²) >= 11 is 0. The van der Waals surface area contributed by atoms with E-state index >= 15 is 0 Å². The van der Waals surface area contributed by atoms with Crippen LogP contribution in [0.4, 0.5) is 75.4 Å². The molecule has 4 aliphatic rings. The van der Waals surface area contributed by atoms with Gasteiger partial charge >= 0.3 is 43.6 Å². The third kappa shape index (κ3) is 21.9. The number of hydrogen-bond donors (Lipinski definition) is 3. The maximum Gasteiger partial charge on any atom is 1.00 e. The van der Waals surface area contributed by atoms with Gasteiger partial charge in [-0.3, -0.25) is 4.79 Å². The molecule has 4 saturated heterocycles. The molecule has 0 radical (unpaired) electrons. The Kier molecular flexibility index (Phi) is 26.6. The predicted molar refractivity (Wildman–Crippen MR) is 279 cm³/mol. The topological polar surface area (TPSA) is 155 Å². The van der Waals surface area contributed by atoms with Gasteiger partial charge in [-0.25, -0.2) is 0 Å². The summed E-state index contributed by atoms with van der Waals surface area (Å²) in [7, 11) is 0. The number of hydrogen-bond acceptors (Lipinski definition) is 9. The second-order valence-corrected chi connectivity index (χ2v) is 20.9. The summed E-state index contributed by atoms with van der Waals surface area (Å²) in [4.78, 5) is 29.1. The number of carboxylic acid groups (broad SMARTS) is 1. The number of amides is 1. The average Bonchev–Trinajstić information content (AvgIpc) is 3.55. The van der Waals surface area contributed by atoms with E-state index in [-0.39, 0.29) is 61.2 Å². The van der Waals surface area contributed by atoms with E-state index in [2.05, 4.69) is 25.8 Å². The summed E-state index contributed by atoms with van der Waals surface area (Å²) in [6.45, 7) is 6.17. The van der Waals surface area contributed by atoms with E-state index in [9.17, 15) is 67.4 Å². The minimum absolute atomic E-state index is 0. The van der Waals surface area contributed by atoms with Crippen LogP contribution in [0.25, 0.3) is 0 Å². The third-order valence-corrected chi connectivity index (χ3v) is 15.3. The summed E-state index contributed by atoms with van der Waals surface area (Å²) in [5.41, 5.74) is -1.53. The van der Waals surface area contributed by atoms with E-state index in [1.54, 1.807) is 12.1 Å². The van der Waals surface area contributed by atoms with E-state index < -0.39 is 58.5 Å². The van der Waals surface area contributed by atoms with Crippen LogP contribution in [0, 0.1) is 34.5 Å². The first-order chi connectivity index (χ1) is 38.3. The SMILES string of the molecule is N#Cc1ccc(NC2CCN(C(=O)CCCC3CCN(c4ccc(C(F)(F)F)cc4)CC3)CC2)cc1C(F)(F)F.N#Cc1ccc(NC2CC[NH2+]CC2)cc1C(F)(F)F.O=C([O-])CCCC1CCN(c2ccc(C(F)(F)F)cc2)CC1.[Cl-].[Li+]. The largest absolute Gasteiger partial charge is 1.00 e. The molecule has 4 aromatic rings. The van der Waals surface area contributed by atoms with E-state index in [0.29, 0.717) is 62.0 Å². The third-order valence-electron chi connectivity index (χ3n) is 15.3. The van der Waals surface area contributed by atoms with Gasteiger partial charge in [0, 0.05) is 99.3 Å². The van der Waals surface area contributed by atoms with Crippen molar-refractivity contribution >= 4 is 34.6 Å². The minimum Gasteiger partial charge on any atom is -1.00 e. The molecule has 4 aromatic carbocycles. The number of alkyl halides is 12. The number of benzene rings is 4. The van der Waals surface area contributed by atoms with Gasteiger partial charge < -0.3 is 53.0 Å². The number of nitriles is 2. The normalized spacial score (nSPS) is 16.8. The Labute approximate surface area is 493 Å². The molecule has 11 nitrogen and oxygen atoms in total. The molecule has 4 heterocycles. The Morgan fingerprint density at radius 3 is 1.25 bits per heavy atom. The Hall–Kier alpha value is -5.99. The van der Waals surface area contributed by atoms with Crippen molar-refractivity contribution in [2.45, 2.75) is 127 Å². The standard InChI is InChI=1S/C29H32F6N4O.C16H20F3NO2.C13H14F3N3.ClH.Li/c30-28(31,32)22-5-8-25(9-6-22)38-14-10-20(11-15-38)2-1-3-27(40)39-16-12-23(13-17-39)37-24-7-4-21(19-36)26(18-24)29(33,34)35;17-16(18,19)13-4-6-14(7-5-13)20-10-8-12(9-11-20)2-1-3-15(21)22;14-13(15,16)12-7-11(2-1-9(12)8-17)19-10-3-5-18-6-4-10;;/h4-9,18,20,23,37H,1-3,10-17H2;4-7,12H,1-3,8-11H2,(H,21,22);1-2,7,10,18-19H,3-6H2;1H;/q;;;;+1/p-1. The van der Waals surface area contributed by atoms with Gasteiger partial charge in [0.15, 0.2) is 0 Å². The van der Waals surface area contributed by atoms with E-state index in [1.165, 1.54) is 48.5 Å². The Morgan fingerprint density at radius 2 is 0.904 bits per heavy atom. The molecule has 4 N–H and O–H groups in total. The van der Waals surface area contributed by atoms with Crippen LogP contribution in [-0.2, 0) is 34.3 Å². The monoisotopic (exact) mass is 1190 g/mol. The number of carbonyl (C=O) groups is 2. The number of nitrogens with two attached hydrogens (primary N) is 1. The van der Waals surface area contributed by atoms with Gasteiger partial charge in [-0.05, 0) is 167 Å². The van der Waals surface area contributed by atoms with Gasteiger partial charge in [0.2, 0.25) is 5.91 Å². The smallest absolute Gasteiger partial charge is 1.00 e. The van der Waals surface area contributed by atoms with Crippen LogP contribution in [0.5, 0.6) is 0 Å². The maximum atomic E-state index is 13.2. The van der Waals surface area contributed by atoms with Crippen molar-refractivity contribution in [2.24, 2.45) is 11.8 Å². The van der Waals surface area contributed by atoms with Gasteiger partial charge in [0.25, 0.3) is 0 Å². The van der Waals surface area contributed by atoms with Gasteiger partial charge in [-0.1, -0.05) is 0 Å². The molecule has 0 spiro atoms. The van der Waals surface area contributed by atoms with Crippen molar-refractivity contribution < 1.29 is 104 Å². The van der Waals surface area contributed by atoms with Crippen LogP contribution in [0.15, 0.2) is 84.9 Å². The number of nitrogens with zero attached hydrogens (tertiary/aromatic N) is 5. The Bertz CT molecular complexity index is 2740. The first-order valence-electron chi connectivity index (χ1n) is 27.2. The van der Waals surface area contributed by atoms with Crippen LogP contribution in [-0.4, -0.2) is 81.2 Å². The molecular weight excluding hydrogens is 1130 g/mol. The Balaban J connectivity index is 0.000000291. The molecule has 0 bridgehead atoms. The van der Waals surface area contributed by atoms with Crippen LogP contribution in [0.2, 0.25) is 0 Å². The number of quaternary nitrogens is 1. The first-order valence-corrected chi connectivity index (χ1v) is 27.2. The number of halogens is 13. The molecular formula is C58H66ClF12LiN8O3. The Morgan fingerprint density at radius 1 is 0.530 bits per heavy atom. The van der Waals surface area contributed by atoms with Crippen LogP contribution < -0.4 is 62.1 Å². The van der Waals surface area contributed by atoms with Crippen LogP contribution >= 0.6 is 0 Å². The van der Waals surface area contributed by atoms with E-state index in [0.717, 1.165) is 145 Å². The number of carbonyl (C=O) groups excluding carboxylic acids is 2. The molecule has 0 unspecified atom stereocenters. The van der Waals surface area contributed by atoms with Gasteiger partial charge in [0.1, 0.15) is 0 Å². The van der Waals surface area contributed by atoms with Crippen LogP contribution in [0.3, 0.4) is 0 Å². The number of piperidine rings is 4. The predicted octanol–water partition coefficient (Wildman–Crippen LogP) is 5.65. The minimum atomic E-state index is -4.61. The summed E-state index contributed by atoms with van der Waals surface area (Å²) in [5.74, 6) is 0.0352. The zero-order valence-corrected chi connectivity index (χ0v) is 46.7. The van der Waals surface area contributed by atoms with Gasteiger partial charge in [0.05, 0.1) is 58.6 Å². The van der Waals surface area contributed by atoms with Crippen molar-refractivity contribution in [1.29, 1.82) is 10.5 Å². The van der Waals surface area contributed by atoms with Crippen molar-refractivity contribution in [3.05, 3.63) is 118 Å². The summed E-state index contributed by atoms with van der Waals surface area (Å²) in [5, 5.41) is 36.5. The molecule has 0 aromatic heterocycles. The quantitative estimate of drug-likeness (QED) is 0.107. The second kappa shape index (κ2) is 31.8. The van der Waals surface area contributed by atoms with Crippen molar-refractivity contribution in [1.82, 2.24) is 4.90 Å². The van der Waals surface area contributed by atoms with Crippen molar-refractivity contribution in [3.8, 4) is 12.1 Å². The van der Waals surface area contributed by atoms with Crippen LogP contribution in [0.1, 0.15) is 123 Å². The van der Waals surface area contributed by atoms with E-state index in [4.69, 9.17) is 10.5 Å². The molecule has 8 rings (SSSR count). The molecule has 1 amide bonds. The second-order valence-electron chi connectivity index (χ2n) is 20.9. The number of aliphatic carboxylic acids is 1. The molecule has 0 aliphatic carbocycles. The fraction of sp³-hybridized carbons (Fsp3) is 0.517. The van der Waals surface area contributed by atoms with Crippen molar-refractivity contribution in [2.75, 3.05) is 72.8 Å². The number of likely N-dealkylation sites (tertiary alicyclic amines) is 1. The molecule has 4 fully saturated rings. The average molecular weight is 1190 g/mol. The molecule has 4 aliphatic heterocycles. The summed E-state index contributed by atoms with van der Waals surface area (Å²) in [6, 6.07) is 21.2. The molecule has 25 heteroatoms.